The zero-order valence-electron chi connectivity index (χ0n) is 15.5. The van der Waals surface area contributed by atoms with E-state index in [1.165, 1.54) is 10.5 Å². The molecule has 1 saturated carbocycles. The zero-order chi connectivity index (χ0) is 18.7. The molecule has 1 aromatic rings. The molecule has 6 heteroatoms. The van der Waals surface area contributed by atoms with Crippen LogP contribution >= 0.6 is 0 Å². The monoisotopic (exact) mass is 357 g/mol. The van der Waals surface area contributed by atoms with Crippen LogP contribution in [-0.4, -0.2) is 34.8 Å². The molecule has 2 aliphatic rings. The van der Waals surface area contributed by atoms with Crippen LogP contribution in [0, 0.1) is 6.92 Å². The maximum Gasteiger partial charge on any atom is 0.325 e. The van der Waals surface area contributed by atoms with Gasteiger partial charge in [0.1, 0.15) is 5.54 Å². The van der Waals surface area contributed by atoms with E-state index < -0.39 is 5.54 Å². The topological polar surface area (TPSA) is 78.5 Å². The van der Waals surface area contributed by atoms with Crippen LogP contribution in [0.15, 0.2) is 24.3 Å². The summed E-state index contributed by atoms with van der Waals surface area (Å²) in [7, 11) is 0. The van der Waals surface area contributed by atoms with Gasteiger partial charge in [-0.1, -0.05) is 42.7 Å². The summed E-state index contributed by atoms with van der Waals surface area (Å²) in [5, 5.41) is 5.83. The minimum atomic E-state index is -0.667. The fourth-order valence-electron chi connectivity index (χ4n) is 3.85. The van der Waals surface area contributed by atoms with Crippen molar-refractivity contribution in [2.75, 3.05) is 6.54 Å². The molecule has 0 radical (unpaired) electrons. The van der Waals surface area contributed by atoms with Gasteiger partial charge >= 0.3 is 6.03 Å². The molecule has 1 heterocycles. The van der Waals surface area contributed by atoms with Crippen LogP contribution in [0.5, 0.6) is 0 Å². The van der Waals surface area contributed by atoms with E-state index in [1.54, 1.807) is 0 Å². The van der Waals surface area contributed by atoms with E-state index >= 15 is 0 Å². The molecule has 1 atom stereocenters. The number of aryl methyl sites for hydroxylation is 1. The van der Waals surface area contributed by atoms with Crippen molar-refractivity contribution in [3.63, 3.8) is 0 Å². The van der Waals surface area contributed by atoms with Crippen LogP contribution in [0.3, 0.4) is 0 Å². The van der Waals surface area contributed by atoms with Crippen molar-refractivity contribution in [1.82, 2.24) is 15.5 Å². The van der Waals surface area contributed by atoms with Crippen molar-refractivity contribution in [2.24, 2.45) is 0 Å². The van der Waals surface area contributed by atoms with Crippen molar-refractivity contribution < 1.29 is 14.4 Å². The summed E-state index contributed by atoms with van der Waals surface area (Å²) in [6.07, 6.45) is 4.16. The summed E-state index contributed by atoms with van der Waals surface area (Å²) in [5.41, 5.74) is 1.57. The van der Waals surface area contributed by atoms with Gasteiger partial charge in [0, 0.05) is 13.0 Å². The molecule has 1 saturated heterocycles. The molecule has 140 valence electrons. The number of nitrogens with zero attached hydrogens (tertiary/aromatic N) is 1. The SMILES string of the molecule is Cc1ccc(C(C)NC(=O)CCCN2C(=O)NC3(CCCC3)C2=O)cc1. The largest absolute Gasteiger partial charge is 0.350 e. The molecule has 26 heavy (non-hydrogen) atoms. The lowest BCUT2D eigenvalue weighted by Gasteiger charge is -2.20. The first-order valence-electron chi connectivity index (χ1n) is 9.41. The zero-order valence-corrected chi connectivity index (χ0v) is 15.5. The normalized spacial score (nSPS) is 19.7. The number of urea groups is 1. The van der Waals surface area contributed by atoms with Crippen molar-refractivity contribution in [1.29, 1.82) is 0 Å². The quantitative estimate of drug-likeness (QED) is 0.769. The molecule has 2 N–H and O–H groups in total. The fraction of sp³-hybridized carbons (Fsp3) is 0.550. The van der Waals surface area contributed by atoms with Gasteiger partial charge < -0.3 is 10.6 Å². The first kappa shape index (κ1) is 18.4. The van der Waals surface area contributed by atoms with Gasteiger partial charge in [-0.2, -0.15) is 0 Å². The van der Waals surface area contributed by atoms with Gasteiger partial charge in [0.25, 0.3) is 5.91 Å². The van der Waals surface area contributed by atoms with Gasteiger partial charge in [-0.15, -0.1) is 0 Å². The molecule has 1 aromatic carbocycles. The Hall–Kier alpha value is -2.37. The summed E-state index contributed by atoms with van der Waals surface area (Å²) in [6, 6.07) is 7.68. The fourth-order valence-corrected chi connectivity index (χ4v) is 3.85. The Kier molecular flexibility index (Phi) is 5.30. The Morgan fingerprint density at radius 3 is 2.54 bits per heavy atom. The van der Waals surface area contributed by atoms with Crippen LogP contribution in [0.1, 0.15) is 62.6 Å². The Balaban J connectivity index is 1.45. The maximum absolute atomic E-state index is 12.5. The van der Waals surface area contributed by atoms with Crippen LogP contribution in [-0.2, 0) is 9.59 Å². The number of carbonyl (C=O) groups excluding carboxylic acids is 3. The first-order valence-corrected chi connectivity index (χ1v) is 9.41. The molecular weight excluding hydrogens is 330 g/mol. The average Bonchev–Trinajstić information content (AvgIpc) is 3.16. The summed E-state index contributed by atoms with van der Waals surface area (Å²) in [6.45, 7) is 4.27. The minimum Gasteiger partial charge on any atom is -0.350 e. The molecule has 1 unspecified atom stereocenters. The predicted molar refractivity (Wildman–Crippen MR) is 98.4 cm³/mol. The second kappa shape index (κ2) is 7.48. The highest BCUT2D eigenvalue weighted by Crippen LogP contribution is 2.35. The number of benzene rings is 1. The van der Waals surface area contributed by atoms with Crippen LogP contribution in [0.4, 0.5) is 4.79 Å². The number of amides is 4. The lowest BCUT2D eigenvalue weighted by Crippen LogP contribution is -2.44. The van der Waals surface area contributed by atoms with E-state index in [4.69, 9.17) is 0 Å². The number of hydrogen-bond donors (Lipinski definition) is 2. The van der Waals surface area contributed by atoms with Gasteiger partial charge in [0.15, 0.2) is 0 Å². The molecule has 6 nitrogen and oxygen atoms in total. The van der Waals surface area contributed by atoms with E-state index in [9.17, 15) is 14.4 Å². The Morgan fingerprint density at radius 1 is 1.23 bits per heavy atom. The third-order valence-electron chi connectivity index (χ3n) is 5.44. The summed E-state index contributed by atoms with van der Waals surface area (Å²) < 4.78 is 0. The van der Waals surface area contributed by atoms with Crippen molar-refractivity contribution >= 4 is 17.8 Å². The summed E-state index contributed by atoms with van der Waals surface area (Å²) in [4.78, 5) is 38.1. The van der Waals surface area contributed by atoms with Crippen molar-refractivity contribution in [2.45, 2.75) is 64.0 Å². The predicted octanol–water partition coefficient (Wildman–Crippen LogP) is 2.82. The van der Waals surface area contributed by atoms with Gasteiger partial charge in [0.2, 0.25) is 5.91 Å². The van der Waals surface area contributed by atoms with E-state index in [1.807, 2.05) is 38.1 Å². The molecule has 3 rings (SSSR count). The Morgan fingerprint density at radius 2 is 1.88 bits per heavy atom. The van der Waals surface area contributed by atoms with Gasteiger partial charge in [-0.3, -0.25) is 14.5 Å². The third kappa shape index (κ3) is 3.74. The molecule has 4 amide bonds. The average molecular weight is 357 g/mol. The summed E-state index contributed by atoms with van der Waals surface area (Å²) >= 11 is 0. The third-order valence-corrected chi connectivity index (χ3v) is 5.44. The highest BCUT2D eigenvalue weighted by Gasteiger charge is 2.51. The highest BCUT2D eigenvalue weighted by molar-refractivity contribution is 6.07. The number of nitrogens with one attached hydrogen (secondary N) is 2. The summed E-state index contributed by atoms with van der Waals surface area (Å²) in [5.74, 6) is -0.186. The van der Waals surface area contributed by atoms with Gasteiger partial charge in [-0.05, 0) is 38.7 Å². The molecular formula is C20H27N3O3. The van der Waals surface area contributed by atoms with Gasteiger partial charge in [0.05, 0.1) is 6.04 Å². The minimum absolute atomic E-state index is 0.0680. The molecule has 1 spiro atoms. The van der Waals surface area contributed by atoms with Crippen LogP contribution in [0.2, 0.25) is 0 Å². The van der Waals surface area contributed by atoms with E-state index in [2.05, 4.69) is 10.6 Å². The lowest BCUT2D eigenvalue weighted by molar-refractivity contribution is -0.131. The van der Waals surface area contributed by atoms with E-state index in [-0.39, 0.29) is 23.9 Å². The second-order valence-corrected chi connectivity index (χ2v) is 7.48. The van der Waals surface area contributed by atoms with Gasteiger partial charge in [-0.25, -0.2) is 4.79 Å². The number of imide groups is 1. The van der Waals surface area contributed by atoms with Crippen molar-refractivity contribution in [3.05, 3.63) is 35.4 Å². The van der Waals surface area contributed by atoms with E-state index in [0.717, 1.165) is 31.2 Å². The first-order chi connectivity index (χ1) is 12.4. The number of carbonyl (C=O) groups is 3. The Bertz CT molecular complexity index is 693. The molecule has 1 aliphatic carbocycles. The maximum atomic E-state index is 12.5. The van der Waals surface area contributed by atoms with Crippen LogP contribution in [0.25, 0.3) is 0 Å². The second-order valence-electron chi connectivity index (χ2n) is 7.48. The lowest BCUT2D eigenvalue weighted by atomic mass is 9.98. The highest BCUT2D eigenvalue weighted by atomic mass is 16.2. The Labute approximate surface area is 154 Å². The molecule has 2 fully saturated rings. The molecule has 1 aliphatic heterocycles. The smallest absolute Gasteiger partial charge is 0.325 e. The van der Waals surface area contributed by atoms with E-state index in [0.29, 0.717) is 19.4 Å². The number of rotatable bonds is 6. The van der Waals surface area contributed by atoms with Crippen LogP contribution < -0.4 is 10.6 Å². The standard InChI is InChI=1S/C20H27N3O3/c1-14-7-9-16(10-8-14)15(2)21-17(24)6-5-13-23-18(25)20(22-19(23)26)11-3-4-12-20/h7-10,15H,3-6,11-13H2,1-2H3,(H,21,24)(H,22,26). The number of hydrogen-bond acceptors (Lipinski definition) is 3. The van der Waals surface area contributed by atoms with Crippen molar-refractivity contribution in [3.8, 4) is 0 Å². The molecule has 0 aromatic heterocycles. The molecule has 0 bridgehead atoms.